The average Bonchev–Trinajstić information content (AvgIpc) is 2.80. The van der Waals surface area contributed by atoms with Crippen LogP contribution in [0.5, 0.6) is 0 Å². The van der Waals surface area contributed by atoms with E-state index in [2.05, 4.69) is 30.3 Å². The molecule has 90 valence electrons. The molecule has 17 heavy (non-hydrogen) atoms. The van der Waals surface area contributed by atoms with Crippen molar-refractivity contribution in [3.63, 3.8) is 0 Å². The van der Waals surface area contributed by atoms with Crippen molar-refractivity contribution in [1.29, 1.82) is 0 Å². The van der Waals surface area contributed by atoms with Crippen molar-refractivity contribution in [2.24, 2.45) is 0 Å². The molecule has 0 unspecified atom stereocenters. The quantitative estimate of drug-likeness (QED) is 0.601. The minimum absolute atomic E-state index is 0.146. The first-order valence-electron chi connectivity index (χ1n) is 4.49. The summed E-state index contributed by atoms with van der Waals surface area (Å²) in [7, 11) is -3.88. The van der Waals surface area contributed by atoms with Crippen LogP contribution in [0.1, 0.15) is 5.82 Å². The summed E-state index contributed by atoms with van der Waals surface area (Å²) in [5.74, 6) is 0.181. The Kier molecular flexibility index (Phi) is 2.97. The number of tetrazole rings is 1. The van der Waals surface area contributed by atoms with Gasteiger partial charge >= 0.3 is 0 Å². The lowest BCUT2D eigenvalue weighted by molar-refractivity contribution is 0.578. The molecule has 0 fully saturated rings. The van der Waals surface area contributed by atoms with Crippen molar-refractivity contribution in [3.8, 4) is 0 Å². The molecule has 0 aliphatic carbocycles. The van der Waals surface area contributed by atoms with Gasteiger partial charge < -0.3 is 4.98 Å². The first-order valence-corrected chi connectivity index (χ1v) is 5.97. The average molecular weight is 256 g/mol. The molecule has 0 aliphatic heterocycles. The van der Waals surface area contributed by atoms with Crippen molar-refractivity contribution in [2.75, 3.05) is 0 Å². The van der Waals surface area contributed by atoms with E-state index in [0.717, 1.165) is 12.3 Å². The summed E-state index contributed by atoms with van der Waals surface area (Å²) >= 11 is 0. The highest BCUT2D eigenvalue weighted by atomic mass is 32.2. The maximum absolute atomic E-state index is 11.7. The van der Waals surface area contributed by atoms with Gasteiger partial charge in [-0.25, -0.2) is 13.1 Å². The second-order valence-corrected chi connectivity index (χ2v) is 4.76. The van der Waals surface area contributed by atoms with Crippen LogP contribution in [0.4, 0.5) is 0 Å². The van der Waals surface area contributed by atoms with Gasteiger partial charge in [0.25, 0.3) is 0 Å². The van der Waals surface area contributed by atoms with Crippen molar-refractivity contribution in [1.82, 2.24) is 30.3 Å². The van der Waals surface area contributed by atoms with E-state index >= 15 is 0 Å². The highest BCUT2D eigenvalue weighted by molar-refractivity contribution is 7.89. The molecule has 0 aliphatic rings. The van der Waals surface area contributed by atoms with E-state index in [1.807, 2.05) is 0 Å². The van der Waals surface area contributed by atoms with E-state index in [9.17, 15) is 13.2 Å². The fourth-order valence-corrected chi connectivity index (χ4v) is 2.14. The predicted molar refractivity (Wildman–Crippen MR) is 55.3 cm³/mol. The molecule has 2 aromatic rings. The zero-order chi connectivity index (χ0) is 12.3. The van der Waals surface area contributed by atoms with Gasteiger partial charge in [-0.2, -0.15) is 5.21 Å². The normalized spacial score (nSPS) is 11.5. The van der Waals surface area contributed by atoms with E-state index in [-0.39, 0.29) is 17.3 Å². The van der Waals surface area contributed by atoms with Crippen LogP contribution in [0, 0.1) is 0 Å². The topological polar surface area (TPSA) is 133 Å². The van der Waals surface area contributed by atoms with Crippen LogP contribution in [0.2, 0.25) is 0 Å². The van der Waals surface area contributed by atoms with E-state index in [1.165, 1.54) is 6.20 Å². The number of hydrogen-bond acceptors (Lipinski definition) is 6. The third-order valence-corrected chi connectivity index (χ3v) is 3.31. The van der Waals surface area contributed by atoms with Gasteiger partial charge in [0.15, 0.2) is 5.82 Å². The number of pyridine rings is 1. The zero-order valence-electron chi connectivity index (χ0n) is 8.41. The zero-order valence-corrected chi connectivity index (χ0v) is 9.23. The molecule has 0 atom stereocenters. The maximum atomic E-state index is 11.7. The Labute approximate surface area is 95.3 Å². The summed E-state index contributed by atoms with van der Waals surface area (Å²) in [6, 6.07) is 1.13. The lowest BCUT2D eigenvalue weighted by atomic mass is 10.5. The monoisotopic (exact) mass is 256 g/mol. The number of nitrogens with one attached hydrogen (secondary N) is 3. The molecule has 3 N–H and O–H groups in total. The first kappa shape index (κ1) is 11.4. The van der Waals surface area contributed by atoms with Crippen molar-refractivity contribution < 1.29 is 8.42 Å². The number of aromatic amines is 2. The van der Waals surface area contributed by atoms with Gasteiger partial charge in [0.2, 0.25) is 15.5 Å². The van der Waals surface area contributed by atoms with Crippen LogP contribution in [-0.4, -0.2) is 34.0 Å². The van der Waals surface area contributed by atoms with Crippen LogP contribution in [-0.2, 0) is 16.6 Å². The summed E-state index contributed by atoms with van der Waals surface area (Å²) in [5.41, 5.74) is -0.593. The van der Waals surface area contributed by atoms with Gasteiger partial charge in [-0.1, -0.05) is 5.21 Å². The number of aromatic nitrogens is 5. The summed E-state index contributed by atoms with van der Waals surface area (Å²) in [4.78, 5) is 13.5. The predicted octanol–water partition coefficient (Wildman–Crippen LogP) is -1.63. The van der Waals surface area contributed by atoms with Crippen molar-refractivity contribution in [2.45, 2.75) is 11.4 Å². The maximum Gasteiger partial charge on any atom is 0.246 e. The third kappa shape index (κ3) is 2.54. The van der Waals surface area contributed by atoms with E-state index in [1.54, 1.807) is 0 Å². The fraction of sp³-hybridized carbons (Fsp3) is 0.143. The Hall–Kier alpha value is -2.07. The number of H-pyrrole nitrogens is 2. The molecule has 0 spiro atoms. The first-order chi connectivity index (χ1) is 8.09. The molecule has 0 saturated heterocycles. The van der Waals surface area contributed by atoms with Crippen LogP contribution in [0.3, 0.4) is 0 Å². The van der Waals surface area contributed by atoms with Gasteiger partial charge in [-0.3, -0.25) is 4.79 Å². The van der Waals surface area contributed by atoms with E-state index in [0.29, 0.717) is 0 Å². The standard InChI is InChI=1S/C7H8N6O3S/c14-5-1-2-8-3-6(5)17(15,16)9-4-7-10-12-13-11-7/h1-3,9H,4H2,(H,8,14)(H,10,11,12,13). The molecule has 2 heterocycles. The number of nitrogens with zero attached hydrogens (tertiary/aromatic N) is 3. The lowest BCUT2D eigenvalue weighted by Gasteiger charge is -2.02. The second kappa shape index (κ2) is 4.43. The molecular formula is C7H8N6O3S. The van der Waals surface area contributed by atoms with Crippen LogP contribution in [0.15, 0.2) is 28.2 Å². The van der Waals surface area contributed by atoms with Crippen molar-refractivity contribution in [3.05, 3.63) is 34.5 Å². The lowest BCUT2D eigenvalue weighted by Crippen LogP contribution is -2.28. The summed E-state index contributed by atoms with van der Waals surface area (Å²) in [6.07, 6.45) is 2.46. The Bertz CT molecular complexity index is 646. The molecule has 9 nitrogen and oxygen atoms in total. The molecule has 0 bridgehead atoms. The SMILES string of the molecule is O=c1cc[nH]cc1S(=O)(=O)NCc1nn[nH]n1. The molecule has 10 heteroatoms. The van der Waals surface area contributed by atoms with Crippen LogP contribution >= 0.6 is 0 Å². The van der Waals surface area contributed by atoms with Crippen LogP contribution < -0.4 is 10.2 Å². The number of sulfonamides is 1. The largest absolute Gasteiger partial charge is 0.366 e. The minimum Gasteiger partial charge on any atom is -0.366 e. The van der Waals surface area contributed by atoms with Gasteiger partial charge in [0, 0.05) is 18.5 Å². The van der Waals surface area contributed by atoms with E-state index < -0.39 is 15.5 Å². The smallest absolute Gasteiger partial charge is 0.246 e. The van der Waals surface area contributed by atoms with Crippen LogP contribution in [0.25, 0.3) is 0 Å². The summed E-state index contributed by atoms with van der Waals surface area (Å²) in [5, 5.41) is 12.6. The number of rotatable bonds is 4. The fourth-order valence-electron chi connectivity index (χ4n) is 1.11. The molecular weight excluding hydrogens is 248 g/mol. The highest BCUT2D eigenvalue weighted by Crippen LogP contribution is 2.00. The minimum atomic E-state index is -3.88. The Morgan fingerprint density at radius 2 is 2.24 bits per heavy atom. The molecule has 0 amide bonds. The number of hydrogen-bond donors (Lipinski definition) is 3. The molecule has 0 radical (unpaired) electrons. The Balaban J connectivity index is 2.20. The molecule has 0 saturated carbocycles. The van der Waals surface area contributed by atoms with Gasteiger partial charge in [0.05, 0.1) is 6.54 Å². The van der Waals surface area contributed by atoms with Gasteiger partial charge in [-0.15, -0.1) is 10.2 Å². The third-order valence-electron chi connectivity index (χ3n) is 1.89. The van der Waals surface area contributed by atoms with Crippen molar-refractivity contribution >= 4 is 10.0 Å². The Morgan fingerprint density at radius 1 is 1.41 bits per heavy atom. The summed E-state index contributed by atoms with van der Waals surface area (Å²) in [6.45, 7) is -0.146. The van der Waals surface area contributed by atoms with Gasteiger partial charge in [0.1, 0.15) is 4.90 Å². The van der Waals surface area contributed by atoms with Gasteiger partial charge in [-0.05, 0) is 0 Å². The molecule has 0 aromatic carbocycles. The van der Waals surface area contributed by atoms with E-state index in [4.69, 9.17) is 0 Å². The highest BCUT2D eigenvalue weighted by Gasteiger charge is 2.17. The Morgan fingerprint density at radius 3 is 2.88 bits per heavy atom. The molecule has 2 rings (SSSR count). The summed E-state index contributed by atoms with van der Waals surface area (Å²) < 4.78 is 25.6. The second-order valence-electron chi connectivity index (χ2n) is 3.03. The molecule has 2 aromatic heterocycles.